The van der Waals surface area contributed by atoms with Gasteiger partial charge < -0.3 is 24.7 Å². The molecule has 9 nitrogen and oxygen atoms in total. The van der Waals surface area contributed by atoms with E-state index in [4.69, 9.17) is 29.2 Å². The molecule has 2 atom stereocenters. The zero-order valence-corrected chi connectivity index (χ0v) is 11.5. The Labute approximate surface area is 107 Å². The first-order chi connectivity index (χ1) is 8.74. The van der Waals surface area contributed by atoms with E-state index in [1.54, 1.807) is 0 Å². The van der Waals surface area contributed by atoms with Crippen LogP contribution in [0.5, 0.6) is 0 Å². The lowest BCUT2D eigenvalue weighted by atomic mass is 10.4. The summed E-state index contributed by atoms with van der Waals surface area (Å²) in [4.78, 5) is 13.6. The van der Waals surface area contributed by atoms with Crippen LogP contribution in [0.25, 0.3) is 0 Å². The van der Waals surface area contributed by atoms with Crippen molar-refractivity contribution < 1.29 is 37.9 Å². The van der Waals surface area contributed by atoms with Gasteiger partial charge in [-0.1, -0.05) is 0 Å². The molecule has 0 bridgehead atoms. The summed E-state index contributed by atoms with van der Waals surface area (Å²) < 4.78 is 29.3. The average Bonchev–Trinajstić information content (AvgIpc) is 2.39. The van der Waals surface area contributed by atoms with Gasteiger partial charge in [-0.2, -0.15) is 14.3 Å². The van der Waals surface area contributed by atoms with E-state index in [-0.39, 0.29) is 33.5 Å². The summed E-state index contributed by atoms with van der Waals surface area (Å²) >= 11 is 0. The number of methoxy groups -OCH3 is 2. The fraction of sp³-hybridized carbons (Fsp3) is 1.00. The number of rotatable bonds is 13. The van der Waals surface area contributed by atoms with E-state index in [2.05, 4.69) is 9.56 Å². The molecule has 0 saturated carbocycles. The van der Waals surface area contributed by atoms with Crippen molar-refractivity contribution in [3.8, 4) is 0 Å². The van der Waals surface area contributed by atoms with Crippen molar-refractivity contribution in [2.45, 2.75) is 6.10 Å². The predicted octanol–water partition coefficient (Wildman–Crippen LogP) is -0.571. The fourth-order valence-corrected chi connectivity index (χ4v) is 1.39. The SMILES string of the molecule is COCOCC(CO[PH+](O)OOCN)OCOC. The molecule has 0 spiro atoms. The number of hydrogen-bond acceptors (Lipinski definition) is 9. The van der Waals surface area contributed by atoms with E-state index >= 15 is 0 Å². The third-order valence-electron chi connectivity index (χ3n) is 1.52. The van der Waals surface area contributed by atoms with Gasteiger partial charge in [0.2, 0.25) is 0 Å². The predicted molar refractivity (Wildman–Crippen MR) is 62.3 cm³/mol. The second kappa shape index (κ2) is 13.5. The van der Waals surface area contributed by atoms with E-state index < -0.39 is 14.7 Å². The second-order valence-corrected chi connectivity index (χ2v) is 3.90. The highest BCUT2D eigenvalue weighted by molar-refractivity contribution is 7.40. The molecule has 3 N–H and O–H groups in total. The van der Waals surface area contributed by atoms with Gasteiger partial charge in [-0.3, -0.25) is 0 Å². The minimum atomic E-state index is -2.51. The van der Waals surface area contributed by atoms with Crippen LogP contribution in [-0.2, 0) is 33.0 Å². The van der Waals surface area contributed by atoms with E-state index in [1.165, 1.54) is 14.2 Å². The Bertz CT molecular complexity index is 177. The van der Waals surface area contributed by atoms with Crippen LogP contribution in [0.3, 0.4) is 0 Å². The minimum absolute atomic E-state index is 0.0613. The molecule has 0 saturated heterocycles. The molecular formula is C8H21NO8P+. The maximum atomic E-state index is 9.25. The molecule has 18 heavy (non-hydrogen) atoms. The molecule has 0 amide bonds. The van der Waals surface area contributed by atoms with Crippen LogP contribution < -0.4 is 5.73 Å². The molecule has 0 heterocycles. The fourth-order valence-electron chi connectivity index (χ4n) is 0.844. The lowest BCUT2D eigenvalue weighted by Gasteiger charge is -2.15. The molecule has 0 aliphatic carbocycles. The third-order valence-corrected chi connectivity index (χ3v) is 2.19. The highest BCUT2D eigenvalue weighted by Gasteiger charge is 2.20. The Morgan fingerprint density at radius 3 is 2.50 bits per heavy atom. The topological polar surface area (TPSA) is 111 Å². The number of ether oxygens (including phenoxy) is 4. The van der Waals surface area contributed by atoms with Crippen molar-refractivity contribution in [2.24, 2.45) is 5.73 Å². The number of nitrogens with two attached hydrogens (primary N) is 1. The van der Waals surface area contributed by atoms with Crippen molar-refractivity contribution in [3.05, 3.63) is 0 Å². The summed E-state index contributed by atoms with van der Waals surface area (Å²) in [5.74, 6) is 0. The molecule has 0 aromatic heterocycles. The quantitative estimate of drug-likeness (QED) is 0.151. The van der Waals surface area contributed by atoms with Crippen molar-refractivity contribution in [3.63, 3.8) is 0 Å². The van der Waals surface area contributed by atoms with Gasteiger partial charge in [0.25, 0.3) is 0 Å². The van der Waals surface area contributed by atoms with Crippen molar-refractivity contribution >= 4 is 8.60 Å². The molecule has 0 fully saturated rings. The monoisotopic (exact) mass is 290 g/mol. The minimum Gasteiger partial charge on any atom is -0.359 e. The molecule has 0 rings (SSSR count). The average molecular weight is 290 g/mol. The van der Waals surface area contributed by atoms with Crippen LogP contribution in [-0.4, -0.2) is 58.7 Å². The van der Waals surface area contributed by atoms with E-state index in [0.717, 1.165) is 0 Å². The maximum absolute atomic E-state index is 9.25. The first-order valence-electron chi connectivity index (χ1n) is 5.10. The Kier molecular flexibility index (Phi) is 13.6. The summed E-state index contributed by atoms with van der Waals surface area (Å²) in [7, 11) is 0.490. The van der Waals surface area contributed by atoms with Gasteiger partial charge in [-0.05, 0) is 4.67 Å². The zero-order chi connectivity index (χ0) is 13.6. The molecule has 0 radical (unpaired) electrons. The summed E-state index contributed by atoms with van der Waals surface area (Å²) in [6.45, 7) is 0.336. The van der Waals surface area contributed by atoms with Gasteiger partial charge in [0.1, 0.15) is 33.0 Å². The molecular weight excluding hydrogens is 269 g/mol. The molecule has 0 aliphatic rings. The normalized spacial score (nSPS) is 14.7. The van der Waals surface area contributed by atoms with Gasteiger partial charge in [0.05, 0.1) is 6.61 Å². The highest BCUT2D eigenvalue weighted by atomic mass is 31.2. The van der Waals surface area contributed by atoms with Crippen molar-refractivity contribution in [2.75, 3.05) is 47.8 Å². The largest absolute Gasteiger partial charge is 0.435 e. The molecule has 0 aromatic rings. The van der Waals surface area contributed by atoms with Crippen LogP contribution in [0.2, 0.25) is 0 Å². The summed E-state index contributed by atoms with van der Waals surface area (Å²) in [5.41, 5.74) is 5.01. The molecule has 2 unspecified atom stereocenters. The lowest BCUT2D eigenvalue weighted by Crippen LogP contribution is -2.26. The van der Waals surface area contributed by atoms with Crippen molar-refractivity contribution in [1.82, 2.24) is 0 Å². The van der Waals surface area contributed by atoms with Crippen LogP contribution in [0, 0.1) is 0 Å². The molecule has 0 aliphatic heterocycles. The van der Waals surface area contributed by atoms with Crippen LogP contribution >= 0.6 is 8.60 Å². The van der Waals surface area contributed by atoms with Gasteiger partial charge in [-0.15, -0.1) is 0 Å². The van der Waals surface area contributed by atoms with Gasteiger partial charge in [0.15, 0.2) is 0 Å². The Morgan fingerprint density at radius 2 is 1.89 bits per heavy atom. The smallest absolute Gasteiger partial charge is 0.359 e. The summed E-state index contributed by atoms with van der Waals surface area (Å²) in [6.07, 6.45) is -0.422. The van der Waals surface area contributed by atoms with Gasteiger partial charge in [-0.25, -0.2) is 0 Å². The first-order valence-corrected chi connectivity index (χ1v) is 6.36. The molecule has 110 valence electrons. The molecule has 10 heteroatoms. The van der Waals surface area contributed by atoms with Gasteiger partial charge in [0, 0.05) is 14.2 Å². The number of hydrogen-bond donors (Lipinski definition) is 2. The molecule has 0 aromatic carbocycles. The second-order valence-electron chi connectivity index (χ2n) is 2.92. The van der Waals surface area contributed by atoms with E-state index in [9.17, 15) is 4.89 Å². The lowest BCUT2D eigenvalue weighted by molar-refractivity contribution is -0.215. The van der Waals surface area contributed by atoms with E-state index in [0.29, 0.717) is 0 Å². The zero-order valence-electron chi connectivity index (χ0n) is 10.5. The standard InChI is InChI=1S/C8H21NO8P/c1-11-6-13-3-8(14-7-12-2)4-16-18(10)17-15-5-9/h8,10,18H,3-7,9H2,1-2H3/q+1. The van der Waals surface area contributed by atoms with Crippen molar-refractivity contribution in [1.29, 1.82) is 0 Å². The van der Waals surface area contributed by atoms with Crippen LogP contribution in [0.4, 0.5) is 0 Å². The Morgan fingerprint density at radius 1 is 1.17 bits per heavy atom. The summed E-state index contributed by atoms with van der Waals surface area (Å²) in [6, 6.07) is 0. The summed E-state index contributed by atoms with van der Waals surface area (Å²) in [5, 5.41) is 0. The van der Waals surface area contributed by atoms with Gasteiger partial charge >= 0.3 is 8.60 Å². The Balaban J connectivity index is 3.75. The van der Waals surface area contributed by atoms with E-state index in [1.807, 2.05) is 0 Å². The Hall–Kier alpha value is 0.0700. The maximum Gasteiger partial charge on any atom is 0.435 e. The van der Waals surface area contributed by atoms with Crippen LogP contribution in [0.1, 0.15) is 0 Å². The third kappa shape index (κ3) is 11.2. The van der Waals surface area contributed by atoms with Crippen LogP contribution in [0.15, 0.2) is 0 Å². The first kappa shape index (κ1) is 18.1. The highest BCUT2D eigenvalue weighted by Crippen LogP contribution is 2.32.